The summed E-state index contributed by atoms with van der Waals surface area (Å²) in [6.07, 6.45) is 1.89. The molecule has 90 valence electrons. The van der Waals surface area contributed by atoms with Gasteiger partial charge in [-0.2, -0.15) is 5.10 Å². The summed E-state index contributed by atoms with van der Waals surface area (Å²) >= 11 is 0. The first-order valence-electron chi connectivity index (χ1n) is 5.48. The predicted molar refractivity (Wildman–Crippen MR) is 62.7 cm³/mol. The molecule has 1 atom stereocenters. The number of aromatic nitrogens is 2. The van der Waals surface area contributed by atoms with Gasteiger partial charge in [-0.05, 0) is 12.0 Å². The van der Waals surface area contributed by atoms with Gasteiger partial charge < -0.3 is 5.32 Å². The molecule has 1 heterocycles. The van der Waals surface area contributed by atoms with Crippen LogP contribution in [0.25, 0.3) is 0 Å². The van der Waals surface area contributed by atoms with Crippen molar-refractivity contribution in [3.8, 4) is 0 Å². The Morgan fingerprint density at radius 2 is 2.25 bits per heavy atom. The molecule has 0 aliphatic carbocycles. The van der Waals surface area contributed by atoms with Crippen LogP contribution in [0.5, 0.6) is 0 Å². The number of carbonyl (C=O) groups is 1. The van der Waals surface area contributed by atoms with Crippen LogP contribution in [-0.4, -0.2) is 28.8 Å². The van der Waals surface area contributed by atoms with E-state index in [-0.39, 0.29) is 17.9 Å². The second-order valence-corrected chi connectivity index (χ2v) is 4.20. The maximum Gasteiger partial charge on any atom is 0.237 e. The Labute approximate surface area is 96.2 Å². The van der Waals surface area contributed by atoms with Gasteiger partial charge in [0.05, 0.1) is 11.7 Å². The molecule has 0 aliphatic heterocycles. The SMILES string of the molecule is CNC(=O)C(NCc1ccn(C)n1)C(C)C. The third-order valence-corrected chi connectivity index (χ3v) is 2.47. The molecule has 0 bridgehead atoms. The van der Waals surface area contributed by atoms with Crippen LogP contribution in [0.3, 0.4) is 0 Å². The molecule has 0 saturated heterocycles. The summed E-state index contributed by atoms with van der Waals surface area (Å²) in [6, 6.07) is 1.76. The van der Waals surface area contributed by atoms with E-state index in [0.29, 0.717) is 6.54 Å². The van der Waals surface area contributed by atoms with Crippen molar-refractivity contribution in [2.24, 2.45) is 13.0 Å². The van der Waals surface area contributed by atoms with Crippen LogP contribution in [0, 0.1) is 5.92 Å². The summed E-state index contributed by atoms with van der Waals surface area (Å²) in [5.41, 5.74) is 0.942. The summed E-state index contributed by atoms with van der Waals surface area (Å²) in [7, 11) is 3.53. The first kappa shape index (κ1) is 12.7. The molecule has 1 amide bonds. The summed E-state index contributed by atoms with van der Waals surface area (Å²) in [4.78, 5) is 11.6. The molecule has 1 rings (SSSR count). The molecule has 1 aromatic rings. The Balaban J connectivity index is 2.53. The lowest BCUT2D eigenvalue weighted by Gasteiger charge is -2.20. The van der Waals surface area contributed by atoms with Crippen molar-refractivity contribution in [2.45, 2.75) is 26.4 Å². The van der Waals surface area contributed by atoms with Crippen molar-refractivity contribution in [1.82, 2.24) is 20.4 Å². The fourth-order valence-electron chi connectivity index (χ4n) is 1.56. The minimum atomic E-state index is -0.174. The van der Waals surface area contributed by atoms with E-state index in [4.69, 9.17) is 0 Å². The highest BCUT2D eigenvalue weighted by atomic mass is 16.2. The lowest BCUT2D eigenvalue weighted by molar-refractivity contribution is -0.123. The van der Waals surface area contributed by atoms with Gasteiger partial charge in [0, 0.05) is 26.8 Å². The molecule has 0 aromatic carbocycles. The molecule has 5 nitrogen and oxygen atoms in total. The van der Waals surface area contributed by atoms with Gasteiger partial charge in [-0.15, -0.1) is 0 Å². The number of hydrogen-bond acceptors (Lipinski definition) is 3. The monoisotopic (exact) mass is 224 g/mol. The van der Waals surface area contributed by atoms with Gasteiger partial charge in [0.1, 0.15) is 0 Å². The Bertz CT molecular complexity index is 346. The number of carbonyl (C=O) groups excluding carboxylic acids is 1. The number of rotatable bonds is 5. The minimum absolute atomic E-state index is 0.0194. The fourth-order valence-corrected chi connectivity index (χ4v) is 1.56. The molecule has 1 aromatic heterocycles. The van der Waals surface area contributed by atoms with E-state index < -0.39 is 0 Å². The van der Waals surface area contributed by atoms with Gasteiger partial charge in [0.2, 0.25) is 5.91 Å². The average Bonchev–Trinajstić information content (AvgIpc) is 2.63. The molecule has 16 heavy (non-hydrogen) atoms. The van der Waals surface area contributed by atoms with Crippen molar-refractivity contribution < 1.29 is 4.79 Å². The number of hydrogen-bond donors (Lipinski definition) is 2. The largest absolute Gasteiger partial charge is 0.358 e. The second kappa shape index (κ2) is 5.65. The minimum Gasteiger partial charge on any atom is -0.358 e. The van der Waals surface area contributed by atoms with Gasteiger partial charge in [-0.1, -0.05) is 13.8 Å². The standard InChI is InChI=1S/C11H20N4O/c1-8(2)10(11(16)12-3)13-7-9-5-6-15(4)14-9/h5-6,8,10,13H,7H2,1-4H3,(H,12,16). The quantitative estimate of drug-likeness (QED) is 0.755. The van der Waals surface area contributed by atoms with Crippen molar-refractivity contribution >= 4 is 5.91 Å². The number of nitrogens with one attached hydrogen (secondary N) is 2. The first-order valence-corrected chi connectivity index (χ1v) is 5.48. The first-order chi connectivity index (χ1) is 7.54. The van der Waals surface area contributed by atoms with Crippen molar-refractivity contribution in [3.63, 3.8) is 0 Å². The molecule has 0 aliphatic rings. The van der Waals surface area contributed by atoms with Crippen LogP contribution in [-0.2, 0) is 18.4 Å². The highest BCUT2D eigenvalue weighted by Gasteiger charge is 2.20. The molecule has 0 saturated carbocycles. The van der Waals surface area contributed by atoms with Crippen molar-refractivity contribution in [3.05, 3.63) is 18.0 Å². The maximum atomic E-state index is 11.6. The van der Waals surface area contributed by atoms with E-state index in [1.54, 1.807) is 11.7 Å². The van der Waals surface area contributed by atoms with Crippen LogP contribution in [0.2, 0.25) is 0 Å². The third kappa shape index (κ3) is 3.34. The Morgan fingerprint density at radius 3 is 2.69 bits per heavy atom. The van der Waals surface area contributed by atoms with E-state index >= 15 is 0 Å². The molecule has 1 unspecified atom stereocenters. The number of likely N-dealkylation sites (N-methyl/N-ethyl adjacent to an activating group) is 1. The van der Waals surface area contributed by atoms with Crippen LogP contribution in [0.4, 0.5) is 0 Å². The van der Waals surface area contributed by atoms with Gasteiger partial charge in [-0.3, -0.25) is 14.8 Å². The maximum absolute atomic E-state index is 11.6. The van der Waals surface area contributed by atoms with E-state index in [9.17, 15) is 4.79 Å². The van der Waals surface area contributed by atoms with Gasteiger partial charge in [-0.25, -0.2) is 0 Å². The highest BCUT2D eigenvalue weighted by Crippen LogP contribution is 2.03. The van der Waals surface area contributed by atoms with E-state index in [2.05, 4.69) is 15.7 Å². The molecule has 0 spiro atoms. The van der Waals surface area contributed by atoms with E-state index in [1.165, 1.54) is 0 Å². The van der Waals surface area contributed by atoms with Gasteiger partial charge in [0.25, 0.3) is 0 Å². The Hall–Kier alpha value is -1.36. The topological polar surface area (TPSA) is 59.0 Å². The summed E-state index contributed by atoms with van der Waals surface area (Å²) in [5, 5.41) is 10.1. The van der Waals surface area contributed by atoms with Crippen molar-refractivity contribution in [2.75, 3.05) is 7.05 Å². The van der Waals surface area contributed by atoms with Crippen molar-refractivity contribution in [1.29, 1.82) is 0 Å². The van der Waals surface area contributed by atoms with Gasteiger partial charge in [0.15, 0.2) is 0 Å². The second-order valence-electron chi connectivity index (χ2n) is 4.20. The molecule has 5 heteroatoms. The zero-order valence-electron chi connectivity index (χ0n) is 10.3. The van der Waals surface area contributed by atoms with E-state index in [0.717, 1.165) is 5.69 Å². The van der Waals surface area contributed by atoms with Crippen LogP contribution in [0.1, 0.15) is 19.5 Å². The predicted octanol–water partition coefficient (Wildman–Crippen LogP) is 0.280. The summed E-state index contributed by atoms with van der Waals surface area (Å²) in [5.74, 6) is 0.273. The Morgan fingerprint density at radius 1 is 1.56 bits per heavy atom. The highest BCUT2D eigenvalue weighted by molar-refractivity contribution is 5.81. The number of aryl methyl sites for hydroxylation is 1. The lowest BCUT2D eigenvalue weighted by atomic mass is 10.0. The molecular weight excluding hydrogens is 204 g/mol. The molecule has 0 radical (unpaired) electrons. The summed E-state index contributed by atoms with van der Waals surface area (Å²) in [6.45, 7) is 4.65. The lowest BCUT2D eigenvalue weighted by Crippen LogP contribution is -2.46. The molecule has 2 N–H and O–H groups in total. The zero-order chi connectivity index (χ0) is 12.1. The van der Waals surface area contributed by atoms with E-state index in [1.807, 2.05) is 33.2 Å². The smallest absolute Gasteiger partial charge is 0.237 e. The van der Waals surface area contributed by atoms with Crippen LogP contribution < -0.4 is 10.6 Å². The normalized spacial score (nSPS) is 12.8. The molecular formula is C11H20N4O. The molecule has 0 fully saturated rings. The Kier molecular flexibility index (Phi) is 4.49. The fraction of sp³-hybridized carbons (Fsp3) is 0.636. The average molecular weight is 224 g/mol. The summed E-state index contributed by atoms with van der Waals surface area (Å²) < 4.78 is 1.75. The zero-order valence-corrected chi connectivity index (χ0v) is 10.3. The van der Waals surface area contributed by atoms with Crippen LogP contribution in [0.15, 0.2) is 12.3 Å². The third-order valence-electron chi connectivity index (χ3n) is 2.47. The number of amides is 1. The van der Waals surface area contributed by atoms with Gasteiger partial charge >= 0.3 is 0 Å². The number of nitrogens with zero attached hydrogens (tertiary/aromatic N) is 2. The van der Waals surface area contributed by atoms with Crippen LogP contribution >= 0.6 is 0 Å².